The molecule has 0 aliphatic carbocycles. The topological polar surface area (TPSA) is 57.2 Å². The van der Waals surface area contributed by atoms with Crippen molar-refractivity contribution in [2.45, 2.75) is 78.9 Å². The van der Waals surface area contributed by atoms with Crippen LogP contribution in [0.3, 0.4) is 0 Å². The van der Waals surface area contributed by atoms with Crippen molar-refractivity contribution >= 4 is 21.0 Å². The molecule has 4 aromatic rings. The molecule has 3 nitrogen and oxygen atoms in total. The summed E-state index contributed by atoms with van der Waals surface area (Å²) < 4.78 is 55.5. The van der Waals surface area contributed by atoms with Crippen LogP contribution in [0, 0.1) is 11.6 Å². The second kappa shape index (κ2) is 15.1. The molecular formula is C33H36F2O3S2. The second-order valence-electron chi connectivity index (χ2n) is 9.45. The Labute approximate surface area is 240 Å². The lowest BCUT2D eigenvalue weighted by Gasteiger charge is -2.17. The van der Waals surface area contributed by atoms with Gasteiger partial charge in [0.15, 0.2) is 14.7 Å². The van der Waals surface area contributed by atoms with Crippen LogP contribution in [0.25, 0.3) is 0 Å². The first-order chi connectivity index (χ1) is 19.2. The highest BCUT2D eigenvalue weighted by Crippen LogP contribution is 2.37. The Hall–Kier alpha value is -3.00. The number of hydrogen-bond acceptors (Lipinski definition) is 3. The first-order valence-corrected chi connectivity index (χ1v) is 16.2. The molecule has 0 N–H and O–H groups in total. The molecule has 0 radical (unpaired) electrons. The molecule has 0 fully saturated rings. The van der Waals surface area contributed by atoms with Gasteiger partial charge in [0.1, 0.15) is 21.8 Å². The van der Waals surface area contributed by atoms with Gasteiger partial charge < -0.3 is 4.55 Å². The SMILES string of the molecule is CCCc1cc(CCC)c([S+](c2ccccc2)c2ccccc2)c(CCC)c1.O=S(=O)([O-])c1ccc(F)cc1F. The van der Waals surface area contributed by atoms with Crippen LogP contribution in [0.5, 0.6) is 0 Å². The van der Waals surface area contributed by atoms with Gasteiger partial charge in [-0.2, -0.15) is 0 Å². The standard InChI is InChI=1S/C27H33S.C6H4F2O3S/c1-4-13-22-20-23(14-5-2)27(24(21-22)15-6-3)28(25-16-9-7-10-17-25)26-18-11-8-12-19-26;7-4-1-2-6(5(8)3-4)12(9,10)11/h7-12,16-21H,4-6,13-15H2,1-3H3;1-3H,(H,9,10,11)/q+1;/p-1. The van der Waals surface area contributed by atoms with E-state index in [1.165, 1.54) is 41.0 Å². The molecule has 0 aliphatic heterocycles. The van der Waals surface area contributed by atoms with Gasteiger partial charge >= 0.3 is 0 Å². The molecule has 0 unspecified atom stereocenters. The molecule has 7 heteroatoms. The van der Waals surface area contributed by atoms with Crippen LogP contribution in [-0.2, 0) is 40.3 Å². The van der Waals surface area contributed by atoms with Crippen molar-refractivity contribution in [3.05, 3.63) is 119 Å². The van der Waals surface area contributed by atoms with Gasteiger partial charge in [0.05, 0.1) is 15.8 Å². The molecule has 0 heterocycles. The van der Waals surface area contributed by atoms with Crippen molar-refractivity contribution in [3.8, 4) is 0 Å². The van der Waals surface area contributed by atoms with E-state index >= 15 is 0 Å². The normalized spacial score (nSPS) is 11.3. The Bertz CT molecular complexity index is 1410. The smallest absolute Gasteiger partial charge is 0.172 e. The van der Waals surface area contributed by atoms with Crippen molar-refractivity contribution in [3.63, 3.8) is 0 Å². The summed E-state index contributed by atoms with van der Waals surface area (Å²) in [5, 5.41) is 0. The van der Waals surface area contributed by atoms with E-state index in [9.17, 15) is 21.8 Å². The lowest BCUT2D eigenvalue weighted by molar-refractivity contribution is 0.453. The van der Waals surface area contributed by atoms with E-state index in [0.717, 1.165) is 12.8 Å². The molecule has 0 amide bonds. The maximum Gasteiger partial charge on any atom is 0.172 e. The highest BCUT2D eigenvalue weighted by atomic mass is 32.2. The summed E-state index contributed by atoms with van der Waals surface area (Å²) in [6.45, 7) is 6.89. The van der Waals surface area contributed by atoms with Gasteiger partial charge in [-0.3, -0.25) is 0 Å². The van der Waals surface area contributed by atoms with Crippen LogP contribution < -0.4 is 0 Å². The molecule has 0 saturated carbocycles. The fourth-order valence-electron chi connectivity index (χ4n) is 4.59. The summed E-state index contributed by atoms with van der Waals surface area (Å²) >= 11 is 0. The summed E-state index contributed by atoms with van der Waals surface area (Å²) in [6, 6.07) is 28.9. The highest BCUT2D eigenvalue weighted by molar-refractivity contribution is 7.97. The first kappa shape index (κ1) is 31.5. The molecule has 0 atom stereocenters. The van der Waals surface area contributed by atoms with Crippen LogP contribution in [0.4, 0.5) is 8.78 Å². The number of rotatable bonds is 10. The summed E-state index contributed by atoms with van der Waals surface area (Å²) in [6.07, 6.45) is 7.08. The Morgan fingerprint density at radius 1 is 0.675 bits per heavy atom. The Morgan fingerprint density at radius 3 is 1.55 bits per heavy atom. The third-order valence-corrected chi connectivity index (χ3v) is 9.49. The van der Waals surface area contributed by atoms with Gasteiger partial charge in [-0.1, -0.05) is 88.6 Å². The van der Waals surface area contributed by atoms with E-state index in [1.807, 2.05) is 0 Å². The molecule has 4 aromatic carbocycles. The second-order valence-corrected chi connectivity index (χ2v) is 12.8. The first-order valence-electron chi connectivity index (χ1n) is 13.6. The van der Waals surface area contributed by atoms with Crippen LogP contribution in [-0.4, -0.2) is 13.0 Å². The molecule has 0 aliphatic rings. The predicted molar refractivity (Wildman–Crippen MR) is 158 cm³/mol. The minimum atomic E-state index is -4.84. The summed E-state index contributed by atoms with van der Waals surface area (Å²) in [4.78, 5) is 3.39. The zero-order valence-corrected chi connectivity index (χ0v) is 24.8. The molecule has 4 rings (SSSR count). The summed E-state index contributed by atoms with van der Waals surface area (Å²) in [5.74, 6) is -2.30. The van der Waals surface area contributed by atoms with Gasteiger partial charge in [-0.05, 0) is 61.2 Å². The van der Waals surface area contributed by atoms with E-state index in [4.69, 9.17) is 0 Å². The average molecular weight is 583 g/mol. The van der Waals surface area contributed by atoms with Crippen molar-refractivity contribution in [2.24, 2.45) is 0 Å². The van der Waals surface area contributed by atoms with E-state index in [1.54, 1.807) is 16.0 Å². The lowest BCUT2D eigenvalue weighted by atomic mass is 9.97. The minimum absolute atomic E-state index is 0.0529. The predicted octanol–water partition coefficient (Wildman–Crippen LogP) is 8.51. The Balaban J connectivity index is 0.000000307. The molecule has 0 spiro atoms. The fraction of sp³-hybridized carbons (Fsp3) is 0.273. The van der Waals surface area contributed by atoms with E-state index < -0.39 is 26.6 Å². The van der Waals surface area contributed by atoms with Crippen molar-refractivity contribution in [2.75, 3.05) is 0 Å². The van der Waals surface area contributed by atoms with Gasteiger partial charge in [-0.15, -0.1) is 0 Å². The molecular weight excluding hydrogens is 546 g/mol. The van der Waals surface area contributed by atoms with E-state index in [2.05, 4.69) is 93.6 Å². The minimum Gasteiger partial charge on any atom is -0.744 e. The molecule has 0 saturated heterocycles. The van der Waals surface area contributed by atoms with Gasteiger partial charge in [-0.25, -0.2) is 17.2 Å². The fourth-order valence-corrected chi connectivity index (χ4v) is 7.58. The van der Waals surface area contributed by atoms with E-state index in [-0.39, 0.29) is 10.9 Å². The van der Waals surface area contributed by atoms with Gasteiger partial charge in [0.25, 0.3) is 0 Å². The van der Waals surface area contributed by atoms with Gasteiger partial charge in [0, 0.05) is 17.2 Å². The largest absolute Gasteiger partial charge is 0.744 e. The van der Waals surface area contributed by atoms with Crippen LogP contribution in [0.15, 0.2) is 111 Å². The third kappa shape index (κ3) is 8.50. The number of hydrogen-bond donors (Lipinski definition) is 0. The Morgan fingerprint density at radius 2 is 1.15 bits per heavy atom. The quantitative estimate of drug-likeness (QED) is 0.139. The molecule has 212 valence electrons. The van der Waals surface area contributed by atoms with E-state index in [0.29, 0.717) is 18.2 Å². The Kier molecular flexibility index (Phi) is 11.9. The number of benzene rings is 4. The van der Waals surface area contributed by atoms with Crippen LogP contribution in [0.2, 0.25) is 0 Å². The average Bonchev–Trinajstić information content (AvgIpc) is 2.92. The summed E-state index contributed by atoms with van der Waals surface area (Å²) in [5.41, 5.74) is 4.64. The maximum absolute atomic E-state index is 12.5. The zero-order chi connectivity index (χ0) is 29.1. The number of halogens is 2. The zero-order valence-electron chi connectivity index (χ0n) is 23.2. The monoisotopic (exact) mass is 582 g/mol. The van der Waals surface area contributed by atoms with Gasteiger partial charge in [0.2, 0.25) is 0 Å². The third-order valence-electron chi connectivity index (χ3n) is 6.21. The maximum atomic E-state index is 12.5. The lowest BCUT2D eigenvalue weighted by Crippen LogP contribution is -2.12. The van der Waals surface area contributed by atoms with Crippen LogP contribution in [0.1, 0.15) is 56.7 Å². The van der Waals surface area contributed by atoms with Crippen molar-refractivity contribution in [1.82, 2.24) is 0 Å². The molecule has 0 bridgehead atoms. The molecule has 40 heavy (non-hydrogen) atoms. The van der Waals surface area contributed by atoms with Crippen LogP contribution >= 0.6 is 0 Å². The highest BCUT2D eigenvalue weighted by Gasteiger charge is 2.33. The summed E-state index contributed by atoms with van der Waals surface area (Å²) in [7, 11) is -4.89. The van der Waals surface area contributed by atoms with Crippen molar-refractivity contribution in [1.29, 1.82) is 0 Å². The number of aryl methyl sites for hydroxylation is 3. The molecule has 0 aromatic heterocycles. The van der Waals surface area contributed by atoms with Crippen molar-refractivity contribution < 1.29 is 21.8 Å².